The maximum Gasteiger partial charge on any atom is 0.259 e. The number of nitrogens with one attached hydrogen (secondary N) is 1. The molecule has 8 heteroatoms. The molecular weight excluding hydrogens is 325 g/mol. The van der Waals surface area contributed by atoms with Gasteiger partial charge in [-0.2, -0.15) is 0 Å². The normalized spacial score (nSPS) is 10.4. The van der Waals surface area contributed by atoms with Gasteiger partial charge in [0.05, 0.1) is 42.5 Å². The largest absolute Gasteiger partial charge is 0.481 e. The summed E-state index contributed by atoms with van der Waals surface area (Å²) in [6.07, 6.45) is 6.86. The van der Waals surface area contributed by atoms with Crippen LogP contribution in [0.1, 0.15) is 15.9 Å². The van der Waals surface area contributed by atoms with Gasteiger partial charge in [0.25, 0.3) is 5.91 Å². The number of aromatic nitrogens is 4. The zero-order valence-electron chi connectivity index (χ0n) is 13.5. The average Bonchev–Trinajstić information content (AvgIpc) is 2.62. The first-order valence-electron chi connectivity index (χ1n) is 7.32. The molecule has 0 aliphatic carbocycles. The molecule has 25 heavy (non-hydrogen) atoms. The minimum absolute atomic E-state index is 0.120. The molecule has 0 radical (unpaired) electrons. The van der Waals surface area contributed by atoms with Crippen LogP contribution in [0.3, 0.4) is 0 Å². The molecule has 0 saturated carbocycles. The van der Waals surface area contributed by atoms with E-state index in [0.29, 0.717) is 17.1 Å². The fourth-order valence-corrected chi connectivity index (χ4v) is 2.18. The molecule has 0 atom stereocenters. The van der Waals surface area contributed by atoms with Crippen LogP contribution in [0, 0.1) is 12.7 Å². The van der Waals surface area contributed by atoms with Gasteiger partial charge in [-0.25, -0.2) is 14.4 Å². The number of ether oxygens (including phenoxy) is 1. The molecule has 0 aromatic carbocycles. The third kappa shape index (κ3) is 3.57. The first-order valence-corrected chi connectivity index (χ1v) is 7.32. The molecule has 3 aromatic heterocycles. The Bertz CT molecular complexity index is 915. The van der Waals surface area contributed by atoms with E-state index in [4.69, 9.17) is 4.74 Å². The van der Waals surface area contributed by atoms with E-state index in [2.05, 4.69) is 25.3 Å². The Morgan fingerprint density at radius 3 is 2.68 bits per heavy atom. The Morgan fingerprint density at radius 2 is 2.00 bits per heavy atom. The van der Waals surface area contributed by atoms with E-state index in [1.165, 1.54) is 31.8 Å². The molecule has 0 bridgehead atoms. The van der Waals surface area contributed by atoms with E-state index in [-0.39, 0.29) is 11.4 Å². The van der Waals surface area contributed by atoms with Crippen molar-refractivity contribution in [3.63, 3.8) is 0 Å². The molecule has 3 heterocycles. The third-order valence-electron chi connectivity index (χ3n) is 3.37. The van der Waals surface area contributed by atoms with Crippen molar-refractivity contribution in [3.8, 4) is 17.1 Å². The maximum atomic E-state index is 13.6. The fraction of sp³-hybridized carbons (Fsp3) is 0.118. The third-order valence-corrected chi connectivity index (χ3v) is 3.37. The minimum Gasteiger partial charge on any atom is -0.481 e. The van der Waals surface area contributed by atoms with E-state index in [1.54, 1.807) is 6.20 Å². The van der Waals surface area contributed by atoms with Crippen LogP contribution in [-0.2, 0) is 0 Å². The Kier molecular flexibility index (Phi) is 4.60. The number of anilines is 1. The van der Waals surface area contributed by atoms with E-state index < -0.39 is 11.7 Å². The van der Waals surface area contributed by atoms with Crippen molar-refractivity contribution in [1.29, 1.82) is 0 Å². The van der Waals surface area contributed by atoms with Gasteiger partial charge in [0, 0.05) is 12.4 Å². The van der Waals surface area contributed by atoms with Gasteiger partial charge in [0.2, 0.25) is 5.88 Å². The number of nitrogens with zero attached hydrogens (tertiary/aromatic N) is 4. The predicted octanol–water partition coefficient (Wildman–Crippen LogP) is 2.64. The quantitative estimate of drug-likeness (QED) is 0.786. The van der Waals surface area contributed by atoms with Gasteiger partial charge in [-0.3, -0.25) is 14.8 Å². The SMILES string of the molecule is COc1ncc(C)cc1-c1cnc(NC(=O)c2ccncc2F)cn1. The molecule has 7 nitrogen and oxygen atoms in total. The second-order valence-electron chi connectivity index (χ2n) is 5.17. The fourth-order valence-electron chi connectivity index (χ4n) is 2.18. The number of rotatable bonds is 4. The standard InChI is InChI=1S/C17H14FN5O2/c1-10-5-12(17(25-2)22-6-10)14-8-21-15(9-20-14)23-16(24)11-3-4-19-7-13(11)18/h3-9H,1-2H3,(H,21,23,24). The summed E-state index contributed by atoms with van der Waals surface area (Å²) < 4.78 is 18.8. The van der Waals surface area contributed by atoms with Gasteiger partial charge in [-0.15, -0.1) is 0 Å². The van der Waals surface area contributed by atoms with Gasteiger partial charge in [-0.05, 0) is 24.6 Å². The van der Waals surface area contributed by atoms with Gasteiger partial charge in [0.1, 0.15) is 0 Å². The van der Waals surface area contributed by atoms with E-state index >= 15 is 0 Å². The molecule has 0 spiro atoms. The molecule has 126 valence electrons. The van der Waals surface area contributed by atoms with Gasteiger partial charge < -0.3 is 10.1 Å². The minimum atomic E-state index is -0.708. The number of carbonyl (C=O) groups excluding carboxylic acids is 1. The van der Waals surface area contributed by atoms with Crippen LogP contribution in [0.25, 0.3) is 11.3 Å². The Hall–Kier alpha value is -3.42. The number of pyridine rings is 2. The van der Waals surface area contributed by atoms with Crippen LogP contribution < -0.4 is 10.1 Å². The Labute approximate surface area is 143 Å². The van der Waals surface area contributed by atoms with Crippen molar-refractivity contribution < 1.29 is 13.9 Å². The van der Waals surface area contributed by atoms with Crippen LogP contribution in [0.4, 0.5) is 10.2 Å². The van der Waals surface area contributed by atoms with Crippen molar-refractivity contribution in [2.24, 2.45) is 0 Å². The Balaban J connectivity index is 1.83. The first kappa shape index (κ1) is 16.4. The summed E-state index contributed by atoms with van der Waals surface area (Å²) in [7, 11) is 1.52. The summed E-state index contributed by atoms with van der Waals surface area (Å²) >= 11 is 0. The summed E-state index contributed by atoms with van der Waals surface area (Å²) in [5.41, 5.74) is 2.06. The molecule has 0 saturated heterocycles. The number of hydrogen-bond acceptors (Lipinski definition) is 6. The molecule has 1 amide bonds. The molecular formula is C17H14FN5O2. The zero-order chi connectivity index (χ0) is 17.8. The van der Waals surface area contributed by atoms with Crippen molar-refractivity contribution in [1.82, 2.24) is 19.9 Å². The lowest BCUT2D eigenvalue weighted by Gasteiger charge is -2.09. The van der Waals surface area contributed by atoms with Crippen LogP contribution in [0.2, 0.25) is 0 Å². The lowest BCUT2D eigenvalue weighted by molar-refractivity contribution is 0.102. The van der Waals surface area contributed by atoms with Crippen LogP contribution in [0.15, 0.2) is 43.1 Å². The summed E-state index contributed by atoms with van der Waals surface area (Å²) in [6, 6.07) is 3.16. The predicted molar refractivity (Wildman–Crippen MR) is 88.7 cm³/mol. The van der Waals surface area contributed by atoms with Crippen LogP contribution >= 0.6 is 0 Å². The summed E-state index contributed by atoms with van der Waals surface area (Å²) in [6.45, 7) is 1.90. The number of halogens is 1. The van der Waals surface area contributed by atoms with Crippen molar-refractivity contribution >= 4 is 11.7 Å². The molecule has 3 aromatic rings. The number of methoxy groups -OCH3 is 1. The highest BCUT2D eigenvalue weighted by molar-refractivity contribution is 6.03. The highest BCUT2D eigenvalue weighted by Gasteiger charge is 2.13. The van der Waals surface area contributed by atoms with Crippen molar-refractivity contribution in [3.05, 3.63) is 60.1 Å². The molecule has 3 rings (SSSR count). The molecule has 0 aliphatic rings. The highest BCUT2D eigenvalue weighted by Crippen LogP contribution is 2.26. The maximum absolute atomic E-state index is 13.6. The lowest BCUT2D eigenvalue weighted by Crippen LogP contribution is -2.15. The topological polar surface area (TPSA) is 89.9 Å². The van der Waals surface area contributed by atoms with Gasteiger partial charge in [-0.1, -0.05) is 0 Å². The van der Waals surface area contributed by atoms with Gasteiger partial charge in [0.15, 0.2) is 11.6 Å². The van der Waals surface area contributed by atoms with E-state index in [0.717, 1.165) is 11.8 Å². The van der Waals surface area contributed by atoms with Crippen molar-refractivity contribution in [2.45, 2.75) is 6.92 Å². The molecule has 0 unspecified atom stereocenters. The van der Waals surface area contributed by atoms with E-state index in [1.807, 2.05) is 13.0 Å². The van der Waals surface area contributed by atoms with E-state index in [9.17, 15) is 9.18 Å². The lowest BCUT2D eigenvalue weighted by atomic mass is 10.1. The Morgan fingerprint density at radius 1 is 1.16 bits per heavy atom. The molecule has 1 N–H and O–H groups in total. The first-order chi connectivity index (χ1) is 12.1. The second-order valence-corrected chi connectivity index (χ2v) is 5.17. The van der Waals surface area contributed by atoms with Crippen LogP contribution in [0.5, 0.6) is 5.88 Å². The molecule has 0 aliphatic heterocycles. The van der Waals surface area contributed by atoms with Crippen molar-refractivity contribution in [2.75, 3.05) is 12.4 Å². The van der Waals surface area contributed by atoms with Crippen LogP contribution in [-0.4, -0.2) is 33.0 Å². The summed E-state index contributed by atoms with van der Waals surface area (Å²) in [5, 5.41) is 2.49. The monoisotopic (exact) mass is 339 g/mol. The number of aryl methyl sites for hydroxylation is 1. The summed E-state index contributed by atoms with van der Waals surface area (Å²) in [5.74, 6) is -0.711. The number of hydrogen-bond donors (Lipinski definition) is 1. The smallest absolute Gasteiger partial charge is 0.259 e. The zero-order valence-corrected chi connectivity index (χ0v) is 13.5. The molecule has 0 fully saturated rings. The summed E-state index contributed by atoms with van der Waals surface area (Å²) in [4.78, 5) is 28.3. The second kappa shape index (κ2) is 7.00. The average molecular weight is 339 g/mol. The highest BCUT2D eigenvalue weighted by atomic mass is 19.1. The number of carbonyl (C=O) groups is 1. The number of amides is 1. The van der Waals surface area contributed by atoms with Gasteiger partial charge >= 0.3 is 0 Å².